The smallest absolute Gasteiger partial charge is 0.277 e. The van der Waals surface area contributed by atoms with E-state index in [9.17, 15) is 4.79 Å². The lowest BCUT2D eigenvalue weighted by molar-refractivity contribution is -0.133. The van der Waals surface area contributed by atoms with Crippen molar-refractivity contribution in [1.29, 1.82) is 0 Å². The second-order valence-corrected chi connectivity index (χ2v) is 9.69. The van der Waals surface area contributed by atoms with E-state index in [0.717, 1.165) is 5.56 Å². The second-order valence-electron chi connectivity index (χ2n) is 8.39. The Morgan fingerprint density at radius 1 is 1.00 bits per heavy atom. The molecule has 0 radical (unpaired) electrons. The van der Waals surface area contributed by atoms with Gasteiger partial charge in [0.15, 0.2) is 0 Å². The van der Waals surface area contributed by atoms with Gasteiger partial charge in [0.25, 0.3) is 5.22 Å². The van der Waals surface area contributed by atoms with E-state index in [1.165, 1.54) is 17.3 Å². The Morgan fingerprint density at radius 2 is 1.56 bits per heavy atom. The summed E-state index contributed by atoms with van der Waals surface area (Å²) >= 11 is 1.31. The molecule has 0 spiro atoms. The minimum Gasteiger partial charge on any atom is -0.411 e. The third kappa shape index (κ3) is 5.34. The van der Waals surface area contributed by atoms with Crippen LogP contribution in [-0.4, -0.2) is 38.3 Å². The molecule has 0 bridgehead atoms. The summed E-state index contributed by atoms with van der Waals surface area (Å²) in [5, 5.41) is 8.38. The number of rotatable bonds is 6. The van der Waals surface area contributed by atoms with E-state index in [4.69, 9.17) is 4.42 Å². The molecule has 1 aromatic carbocycles. The van der Waals surface area contributed by atoms with Crippen LogP contribution in [0.15, 0.2) is 33.9 Å². The fourth-order valence-corrected chi connectivity index (χ4v) is 3.74. The summed E-state index contributed by atoms with van der Waals surface area (Å²) in [5.41, 5.74) is 2.23. The van der Waals surface area contributed by atoms with Crippen LogP contribution in [0.1, 0.15) is 61.0 Å². The van der Waals surface area contributed by atoms with E-state index in [1.807, 2.05) is 51.7 Å². The molecule has 0 N–H and O–H groups in total. The quantitative estimate of drug-likeness (QED) is 0.639. The van der Waals surface area contributed by atoms with E-state index in [0.29, 0.717) is 11.1 Å². The Bertz CT molecular complexity index is 752. The zero-order valence-electron chi connectivity index (χ0n) is 17.6. The molecule has 148 valence electrons. The van der Waals surface area contributed by atoms with Gasteiger partial charge >= 0.3 is 0 Å². The molecule has 0 fully saturated rings. The van der Waals surface area contributed by atoms with Crippen molar-refractivity contribution in [2.75, 3.05) is 0 Å². The molecule has 2 rings (SSSR count). The summed E-state index contributed by atoms with van der Waals surface area (Å²) < 4.78 is 5.79. The molecule has 0 aliphatic carbocycles. The van der Waals surface area contributed by atoms with Crippen molar-refractivity contribution in [3.05, 3.63) is 29.8 Å². The van der Waals surface area contributed by atoms with E-state index < -0.39 is 0 Å². The Balaban J connectivity index is 2.10. The minimum absolute atomic E-state index is 0.0827. The molecule has 0 aliphatic rings. The summed E-state index contributed by atoms with van der Waals surface area (Å²) in [4.78, 5) is 14.6. The van der Waals surface area contributed by atoms with Crippen molar-refractivity contribution >= 4 is 17.7 Å². The van der Waals surface area contributed by atoms with Crippen molar-refractivity contribution in [3.8, 4) is 11.5 Å². The van der Waals surface area contributed by atoms with Gasteiger partial charge in [-0.1, -0.05) is 44.7 Å². The number of aromatic nitrogens is 2. The highest BCUT2D eigenvalue weighted by Crippen LogP contribution is 2.29. The first-order chi connectivity index (χ1) is 12.5. The summed E-state index contributed by atoms with van der Waals surface area (Å²) in [6, 6.07) is 8.47. The van der Waals surface area contributed by atoms with Crippen molar-refractivity contribution in [1.82, 2.24) is 15.1 Å². The maximum Gasteiger partial charge on any atom is 0.277 e. The number of hydrogen-bond donors (Lipinski definition) is 0. The maximum absolute atomic E-state index is 12.8. The van der Waals surface area contributed by atoms with E-state index in [2.05, 4.69) is 43.1 Å². The Labute approximate surface area is 166 Å². The second kappa shape index (κ2) is 8.46. The van der Waals surface area contributed by atoms with Crippen LogP contribution in [0.2, 0.25) is 0 Å². The molecule has 1 unspecified atom stereocenters. The monoisotopic (exact) mass is 389 g/mol. The average molecular weight is 390 g/mol. The molecule has 1 atom stereocenters. The fraction of sp³-hybridized carbons (Fsp3) is 0.571. The first-order valence-corrected chi connectivity index (χ1v) is 10.3. The summed E-state index contributed by atoms with van der Waals surface area (Å²) in [5.74, 6) is 0.557. The highest BCUT2D eigenvalue weighted by Gasteiger charge is 2.27. The molecule has 0 aliphatic heterocycles. The summed E-state index contributed by atoms with van der Waals surface area (Å²) in [6.07, 6.45) is 0. The van der Waals surface area contributed by atoms with Gasteiger partial charge in [-0.05, 0) is 57.7 Å². The fourth-order valence-electron chi connectivity index (χ4n) is 3.00. The Morgan fingerprint density at radius 3 is 2.04 bits per heavy atom. The first kappa shape index (κ1) is 21.5. The molecular formula is C21H31N3O2S. The lowest BCUT2D eigenvalue weighted by Gasteiger charge is -2.32. The number of carbonyl (C=O) groups excluding carboxylic acids is 1. The van der Waals surface area contributed by atoms with E-state index in [-0.39, 0.29) is 28.7 Å². The van der Waals surface area contributed by atoms with Crippen LogP contribution >= 0.6 is 11.8 Å². The van der Waals surface area contributed by atoms with Gasteiger partial charge in [0.1, 0.15) is 0 Å². The van der Waals surface area contributed by atoms with Gasteiger partial charge in [-0.25, -0.2) is 0 Å². The van der Waals surface area contributed by atoms with E-state index in [1.54, 1.807) is 0 Å². The van der Waals surface area contributed by atoms with Gasteiger partial charge in [0.2, 0.25) is 11.8 Å². The molecule has 5 nitrogen and oxygen atoms in total. The maximum atomic E-state index is 12.8. The first-order valence-electron chi connectivity index (χ1n) is 9.44. The Kier molecular flexibility index (Phi) is 6.73. The van der Waals surface area contributed by atoms with Crippen LogP contribution in [-0.2, 0) is 10.2 Å². The zero-order valence-corrected chi connectivity index (χ0v) is 18.4. The normalized spacial score (nSPS) is 13.3. The number of benzene rings is 1. The van der Waals surface area contributed by atoms with Gasteiger partial charge < -0.3 is 9.32 Å². The van der Waals surface area contributed by atoms with Gasteiger partial charge in [0.05, 0.1) is 5.25 Å². The van der Waals surface area contributed by atoms with Gasteiger partial charge in [-0.15, -0.1) is 10.2 Å². The van der Waals surface area contributed by atoms with Gasteiger partial charge in [-0.2, -0.15) is 0 Å². The van der Waals surface area contributed by atoms with Crippen LogP contribution < -0.4 is 0 Å². The van der Waals surface area contributed by atoms with Crippen LogP contribution in [0, 0.1) is 0 Å². The molecule has 27 heavy (non-hydrogen) atoms. The van der Waals surface area contributed by atoms with Gasteiger partial charge in [0, 0.05) is 17.6 Å². The lowest BCUT2D eigenvalue weighted by Crippen LogP contribution is -2.45. The number of amides is 1. The SMILES string of the molecule is CC(Sc1nnc(-c2ccc(C(C)(C)C)cc2)o1)C(=O)N(C(C)C)C(C)C. The number of thioether (sulfide) groups is 1. The minimum atomic E-state index is -0.286. The van der Waals surface area contributed by atoms with Crippen LogP contribution in [0.5, 0.6) is 0 Å². The van der Waals surface area contributed by atoms with Crippen molar-refractivity contribution in [3.63, 3.8) is 0 Å². The molecule has 1 heterocycles. The number of carbonyl (C=O) groups is 1. The average Bonchev–Trinajstić information content (AvgIpc) is 3.01. The molecule has 0 saturated carbocycles. The number of hydrogen-bond acceptors (Lipinski definition) is 5. The summed E-state index contributed by atoms with van der Waals surface area (Å²) in [7, 11) is 0. The van der Waals surface area contributed by atoms with Crippen molar-refractivity contribution in [2.24, 2.45) is 0 Å². The largest absolute Gasteiger partial charge is 0.411 e. The predicted octanol–water partition coefficient (Wildman–Crippen LogP) is 5.16. The molecule has 1 aromatic heterocycles. The zero-order chi connectivity index (χ0) is 20.4. The lowest BCUT2D eigenvalue weighted by atomic mass is 9.87. The Hall–Kier alpha value is -1.82. The van der Waals surface area contributed by atoms with Crippen molar-refractivity contribution < 1.29 is 9.21 Å². The third-order valence-corrected chi connectivity index (χ3v) is 5.32. The van der Waals surface area contributed by atoms with Crippen LogP contribution in [0.25, 0.3) is 11.5 Å². The van der Waals surface area contributed by atoms with E-state index >= 15 is 0 Å². The predicted molar refractivity (Wildman–Crippen MR) is 111 cm³/mol. The molecule has 0 saturated heterocycles. The number of nitrogens with zero attached hydrogens (tertiary/aromatic N) is 3. The van der Waals surface area contributed by atoms with Crippen LogP contribution in [0.4, 0.5) is 0 Å². The molecule has 2 aromatic rings. The molecular weight excluding hydrogens is 358 g/mol. The van der Waals surface area contributed by atoms with Crippen molar-refractivity contribution in [2.45, 2.75) is 83.4 Å². The van der Waals surface area contributed by atoms with Crippen LogP contribution in [0.3, 0.4) is 0 Å². The summed E-state index contributed by atoms with van der Waals surface area (Å²) in [6.45, 7) is 16.5. The highest BCUT2D eigenvalue weighted by atomic mass is 32.2. The molecule has 6 heteroatoms. The molecule has 1 amide bonds. The highest BCUT2D eigenvalue weighted by molar-refractivity contribution is 8.00. The standard InChI is InChI=1S/C21H31N3O2S/c1-13(2)24(14(3)4)19(25)15(5)27-20-23-22-18(26-20)16-9-11-17(12-10-16)21(6,7)8/h9-15H,1-8H3. The van der Waals surface area contributed by atoms with Gasteiger partial charge in [-0.3, -0.25) is 4.79 Å². The topological polar surface area (TPSA) is 59.2 Å². The third-order valence-electron chi connectivity index (χ3n) is 4.40.